The van der Waals surface area contributed by atoms with E-state index >= 15 is 0 Å². The van der Waals surface area contributed by atoms with Gasteiger partial charge in [0.15, 0.2) is 0 Å². The molecular formula is C17H31IO4. The lowest BCUT2D eigenvalue weighted by molar-refractivity contribution is -0.158. The van der Waals surface area contributed by atoms with Crippen molar-refractivity contribution in [3.05, 3.63) is 0 Å². The first-order valence-corrected chi connectivity index (χ1v) is 9.67. The maximum absolute atomic E-state index is 12.1. The monoisotopic (exact) mass is 426 g/mol. The fraction of sp³-hybridized carbons (Fsp3) is 0.941. The molecule has 1 aliphatic carbocycles. The second kappa shape index (κ2) is 9.42. The smallest absolute Gasteiger partial charge is 0.306 e. The van der Waals surface area contributed by atoms with Crippen molar-refractivity contribution in [3.8, 4) is 0 Å². The summed E-state index contributed by atoms with van der Waals surface area (Å²) in [4.78, 5) is 12.1. The van der Waals surface area contributed by atoms with Gasteiger partial charge in [-0.25, -0.2) is 0 Å². The van der Waals surface area contributed by atoms with Crippen molar-refractivity contribution in [3.63, 3.8) is 0 Å². The highest BCUT2D eigenvalue weighted by Gasteiger charge is 2.35. The van der Waals surface area contributed by atoms with E-state index in [2.05, 4.69) is 29.5 Å². The zero-order valence-corrected chi connectivity index (χ0v) is 16.7. The molecule has 0 aliphatic heterocycles. The number of halogens is 1. The Morgan fingerprint density at radius 3 is 2.55 bits per heavy atom. The van der Waals surface area contributed by atoms with Gasteiger partial charge >= 0.3 is 5.97 Å². The first kappa shape index (κ1) is 20.2. The molecule has 2 unspecified atom stereocenters. The molecule has 130 valence electrons. The van der Waals surface area contributed by atoms with Crippen LogP contribution >= 0.6 is 22.6 Å². The van der Waals surface area contributed by atoms with E-state index in [1.54, 1.807) is 7.11 Å². The summed E-state index contributed by atoms with van der Waals surface area (Å²) in [5.41, 5.74) is -0.415. The SMILES string of the molecule is COCO[C@@H]1C[C@@H](CI)CCC1C(C)CC(=O)OC(C)(C)C. The molecule has 1 aliphatic rings. The van der Waals surface area contributed by atoms with Gasteiger partial charge in [-0.15, -0.1) is 0 Å². The third-order valence-electron chi connectivity index (χ3n) is 4.21. The fourth-order valence-corrected chi connectivity index (χ4v) is 3.97. The van der Waals surface area contributed by atoms with Crippen LogP contribution in [-0.4, -0.2) is 36.0 Å². The third-order valence-corrected chi connectivity index (χ3v) is 5.45. The van der Waals surface area contributed by atoms with Gasteiger partial charge in [-0.3, -0.25) is 4.79 Å². The minimum Gasteiger partial charge on any atom is -0.460 e. The Labute approximate surface area is 148 Å². The van der Waals surface area contributed by atoms with Crippen LogP contribution in [0.1, 0.15) is 53.4 Å². The van der Waals surface area contributed by atoms with Crippen LogP contribution in [0.15, 0.2) is 0 Å². The van der Waals surface area contributed by atoms with Crippen LogP contribution in [0.25, 0.3) is 0 Å². The Bertz CT molecular complexity index is 340. The molecule has 5 heteroatoms. The van der Waals surface area contributed by atoms with Crippen molar-refractivity contribution in [1.82, 2.24) is 0 Å². The number of alkyl halides is 1. The summed E-state index contributed by atoms with van der Waals surface area (Å²) in [5.74, 6) is 1.28. The minimum atomic E-state index is -0.415. The van der Waals surface area contributed by atoms with E-state index in [4.69, 9.17) is 14.2 Å². The molecule has 0 N–H and O–H groups in total. The predicted octanol–water partition coefficient (Wildman–Crippen LogP) is 4.19. The van der Waals surface area contributed by atoms with Crippen molar-refractivity contribution in [1.29, 1.82) is 0 Å². The van der Waals surface area contributed by atoms with Crippen LogP contribution in [0.4, 0.5) is 0 Å². The Kier molecular flexibility index (Phi) is 8.64. The van der Waals surface area contributed by atoms with E-state index < -0.39 is 5.60 Å². The van der Waals surface area contributed by atoms with E-state index in [0.717, 1.165) is 17.3 Å². The van der Waals surface area contributed by atoms with E-state index in [-0.39, 0.29) is 18.0 Å². The molecule has 0 amide bonds. The zero-order valence-electron chi connectivity index (χ0n) is 14.6. The molecule has 0 aromatic rings. The Hall–Kier alpha value is 0.120. The maximum Gasteiger partial charge on any atom is 0.306 e. The lowest BCUT2D eigenvalue weighted by Crippen LogP contribution is -2.37. The van der Waals surface area contributed by atoms with E-state index in [9.17, 15) is 4.79 Å². The number of esters is 1. The second-order valence-electron chi connectivity index (χ2n) is 7.38. The summed E-state index contributed by atoms with van der Waals surface area (Å²) in [5, 5.41) is 0. The quantitative estimate of drug-likeness (QED) is 0.265. The molecule has 22 heavy (non-hydrogen) atoms. The first-order valence-electron chi connectivity index (χ1n) is 8.15. The number of ether oxygens (including phenoxy) is 3. The molecule has 1 fully saturated rings. The molecule has 1 rings (SSSR count). The normalized spacial score (nSPS) is 27.5. The number of methoxy groups -OCH3 is 1. The Balaban J connectivity index is 2.59. The summed E-state index contributed by atoms with van der Waals surface area (Å²) in [6.45, 7) is 8.19. The second-order valence-corrected chi connectivity index (χ2v) is 8.26. The zero-order chi connectivity index (χ0) is 16.8. The molecule has 0 heterocycles. The summed E-state index contributed by atoms with van der Waals surface area (Å²) in [6.07, 6.45) is 4.05. The average molecular weight is 426 g/mol. The van der Waals surface area contributed by atoms with Gasteiger partial charge in [0.2, 0.25) is 0 Å². The van der Waals surface area contributed by atoms with Crippen molar-refractivity contribution in [2.24, 2.45) is 17.8 Å². The number of carbonyl (C=O) groups is 1. The average Bonchev–Trinajstić information content (AvgIpc) is 2.42. The molecule has 4 atom stereocenters. The lowest BCUT2D eigenvalue weighted by Gasteiger charge is -2.38. The van der Waals surface area contributed by atoms with Gasteiger partial charge in [0.25, 0.3) is 0 Å². The summed E-state index contributed by atoms with van der Waals surface area (Å²) < 4.78 is 17.6. The van der Waals surface area contributed by atoms with E-state index in [1.807, 2.05) is 20.8 Å². The number of hydrogen-bond acceptors (Lipinski definition) is 4. The van der Waals surface area contributed by atoms with Crippen LogP contribution in [-0.2, 0) is 19.0 Å². The van der Waals surface area contributed by atoms with Crippen LogP contribution in [0.2, 0.25) is 0 Å². The topological polar surface area (TPSA) is 44.8 Å². The molecule has 0 spiro atoms. The van der Waals surface area contributed by atoms with Crippen molar-refractivity contribution in [2.75, 3.05) is 18.3 Å². The van der Waals surface area contributed by atoms with Gasteiger partial charge in [-0.1, -0.05) is 29.5 Å². The van der Waals surface area contributed by atoms with E-state index in [0.29, 0.717) is 25.0 Å². The fourth-order valence-electron chi connectivity index (χ4n) is 3.17. The molecule has 1 saturated carbocycles. The minimum absolute atomic E-state index is 0.110. The molecular weight excluding hydrogens is 395 g/mol. The van der Waals surface area contributed by atoms with Gasteiger partial charge < -0.3 is 14.2 Å². The molecule has 0 aromatic carbocycles. The summed E-state index contributed by atoms with van der Waals surface area (Å²) >= 11 is 2.45. The third kappa shape index (κ3) is 7.13. The maximum atomic E-state index is 12.1. The van der Waals surface area contributed by atoms with Crippen molar-refractivity contribution >= 4 is 28.6 Å². The van der Waals surface area contributed by atoms with Crippen molar-refractivity contribution in [2.45, 2.75) is 65.1 Å². The van der Waals surface area contributed by atoms with Gasteiger partial charge in [-0.2, -0.15) is 0 Å². The number of hydrogen-bond donors (Lipinski definition) is 0. The number of rotatable bonds is 7. The van der Waals surface area contributed by atoms with Gasteiger partial charge in [0.05, 0.1) is 6.10 Å². The molecule has 0 radical (unpaired) electrons. The first-order chi connectivity index (χ1) is 10.3. The van der Waals surface area contributed by atoms with Gasteiger partial charge in [-0.05, 0) is 57.8 Å². The highest BCUT2D eigenvalue weighted by atomic mass is 127. The Morgan fingerprint density at radius 2 is 2.00 bits per heavy atom. The standard InChI is InChI=1S/C17H31IO4/c1-12(8-16(19)22-17(2,3)4)14-7-6-13(10-18)9-15(14)21-11-20-5/h12-15H,6-11H2,1-5H3/t12?,13-,14?,15+/m0/s1. The highest BCUT2D eigenvalue weighted by molar-refractivity contribution is 14.1. The lowest BCUT2D eigenvalue weighted by atomic mass is 9.74. The van der Waals surface area contributed by atoms with Crippen LogP contribution in [0, 0.1) is 17.8 Å². The summed E-state index contributed by atoms with van der Waals surface area (Å²) in [7, 11) is 1.65. The van der Waals surface area contributed by atoms with E-state index in [1.165, 1.54) is 6.42 Å². The highest BCUT2D eigenvalue weighted by Crippen LogP contribution is 2.37. The molecule has 4 nitrogen and oxygen atoms in total. The number of carbonyl (C=O) groups excluding carboxylic acids is 1. The molecule has 0 aromatic heterocycles. The van der Waals surface area contributed by atoms with Crippen LogP contribution in [0.3, 0.4) is 0 Å². The molecule has 0 saturated heterocycles. The Morgan fingerprint density at radius 1 is 1.32 bits per heavy atom. The van der Waals surface area contributed by atoms with Crippen LogP contribution < -0.4 is 0 Å². The van der Waals surface area contributed by atoms with Crippen molar-refractivity contribution < 1.29 is 19.0 Å². The largest absolute Gasteiger partial charge is 0.460 e. The predicted molar refractivity (Wildman–Crippen MR) is 96.1 cm³/mol. The van der Waals surface area contributed by atoms with Crippen LogP contribution in [0.5, 0.6) is 0 Å². The van der Waals surface area contributed by atoms with Gasteiger partial charge in [0.1, 0.15) is 12.4 Å². The van der Waals surface area contributed by atoms with Gasteiger partial charge in [0, 0.05) is 18.0 Å². The molecule has 0 bridgehead atoms. The summed E-state index contributed by atoms with van der Waals surface area (Å²) in [6, 6.07) is 0.